The van der Waals surface area contributed by atoms with Crippen LogP contribution in [0.5, 0.6) is 0 Å². The second-order valence-corrected chi connectivity index (χ2v) is 4.84. The zero-order valence-corrected chi connectivity index (χ0v) is 11.6. The number of ether oxygens (including phenoxy) is 1. The van der Waals surface area contributed by atoms with Gasteiger partial charge in [0.1, 0.15) is 0 Å². The monoisotopic (exact) mass is 324 g/mol. The van der Waals surface area contributed by atoms with E-state index < -0.39 is 5.97 Å². The second-order valence-electron chi connectivity index (χ2n) is 3.73. The molecular weight excluding hydrogens is 315 g/mol. The van der Waals surface area contributed by atoms with Gasteiger partial charge in [0.15, 0.2) is 0 Å². The van der Waals surface area contributed by atoms with Crippen LogP contribution in [0, 0.1) is 5.21 Å². The predicted molar refractivity (Wildman–Crippen MR) is 66.7 cm³/mol. The Bertz CT molecular complexity index is 786. The third kappa shape index (κ3) is 1.85. The summed E-state index contributed by atoms with van der Waals surface area (Å²) in [5.74, 6) is -0.559. The maximum atomic E-state index is 11.9. The molecule has 0 spiro atoms. The van der Waals surface area contributed by atoms with Gasteiger partial charge in [0.05, 0.1) is 0 Å². The summed E-state index contributed by atoms with van der Waals surface area (Å²) < 4.78 is 14.1. The van der Waals surface area contributed by atoms with Gasteiger partial charge in [-0.3, -0.25) is 0 Å². The number of hydrogen-bond acceptors (Lipinski definition) is 6. The van der Waals surface area contributed by atoms with Gasteiger partial charge in [0, 0.05) is 0 Å². The summed E-state index contributed by atoms with van der Waals surface area (Å²) in [5, 5.41) is 12.2. The fourth-order valence-electron chi connectivity index (χ4n) is 1.85. The number of hydrogen-bond donors (Lipinski definition) is 0. The van der Waals surface area contributed by atoms with Gasteiger partial charge >= 0.3 is 113 Å². The Hall–Kier alpha value is -2.05. The molecule has 96 valence electrons. The van der Waals surface area contributed by atoms with E-state index in [1.807, 2.05) is 0 Å². The van der Waals surface area contributed by atoms with E-state index in [9.17, 15) is 10.0 Å². The Balaban J connectivity index is 2.41. The molecule has 2 aromatic heterocycles. The first-order valence-corrected chi connectivity index (χ1v) is 7.06. The van der Waals surface area contributed by atoms with Gasteiger partial charge < -0.3 is 0 Å². The van der Waals surface area contributed by atoms with E-state index in [1.165, 1.54) is 0 Å². The van der Waals surface area contributed by atoms with Crippen molar-refractivity contribution in [3.63, 3.8) is 0 Å². The number of nitrogens with zero attached hydrogens (tertiary/aromatic N) is 4. The van der Waals surface area contributed by atoms with Gasteiger partial charge in [0.25, 0.3) is 0 Å². The average molecular weight is 323 g/mol. The third-order valence-electron chi connectivity index (χ3n) is 2.64. The van der Waals surface area contributed by atoms with Gasteiger partial charge in [-0.2, -0.15) is 0 Å². The van der Waals surface area contributed by atoms with Crippen molar-refractivity contribution in [2.45, 2.75) is 6.92 Å². The van der Waals surface area contributed by atoms with Crippen molar-refractivity contribution in [2.24, 2.45) is 0 Å². The molecule has 0 atom stereocenters. The fourth-order valence-corrected chi connectivity index (χ4v) is 2.99. The number of carbonyl (C=O) groups excluding carboxylic acids is 1. The predicted octanol–water partition coefficient (Wildman–Crippen LogP) is 0.0451. The molecule has 0 unspecified atom stereocenters. The summed E-state index contributed by atoms with van der Waals surface area (Å²) >= 11 is -0.244. The topological polar surface area (TPSA) is 91.9 Å². The molecule has 0 saturated heterocycles. The van der Waals surface area contributed by atoms with Crippen LogP contribution in [0.15, 0.2) is 18.5 Å². The summed E-state index contributed by atoms with van der Waals surface area (Å²) in [4.78, 5) is 15.8. The Morgan fingerprint density at radius 1 is 1.47 bits per heavy atom. The van der Waals surface area contributed by atoms with E-state index in [2.05, 4.69) is 12.9 Å². The van der Waals surface area contributed by atoms with Crippen molar-refractivity contribution >= 4 is 42.9 Å². The van der Waals surface area contributed by atoms with Crippen LogP contribution < -0.4 is 4.73 Å². The molecule has 2 heterocycles. The van der Waals surface area contributed by atoms with Crippen LogP contribution in [-0.2, 0) is 4.74 Å². The molecular formula is C11H8N4O3Se. The van der Waals surface area contributed by atoms with Crippen molar-refractivity contribution < 1.29 is 14.3 Å². The molecule has 0 bridgehead atoms. The van der Waals surface area contributed by atoms with Crippen molar-refractivity contribution in [1.29, 1.82) is 0 Å². The van der Waals surface area contributed by atoms with Gasteiger partial charge in [-0.1, -0.05) is 0 Å². The molecule has 8 heteroatoms. The molecule has 0 fully saturated rings. The maximum absolute atomic E-state index is 11.9. The van der Waals surface area contributed by atoms with Crippen molar-refractivity contribution in [3.05, 3.63) is 29.4 Å². The molecule has 0 aliphatic rings. The summed E-state index contributed by atoms with van der Waals surface area (Å²) in [6.07, 6.45) is 1.05. The van der Waals surface area contributed by atoms with Crippen LogP contribution in [0.3, 0.4) is 0 Å². The Morgan fingerprint density at radius 3 is 3.11 bits per heavy atom. The van der Waals surface area contributed by atoms with E-state index >= 15 is 0 Å². The zero-order chi connectivity index (χ0) is 13.4. The van der Waals surface area contributed by atoms with E-state index in [0.717, 1.165) is 6.33 Å². The fraction of sp³-hybridized carbons (Fsp3) is 0.182. The molecule has 0 aliphatic heterocycles. The minimum absolute atomic E-state index is 0.109. The van der Waals surface area contributed by atoms with E-state index in [0.29, 0.717) is 26.7 Å². The normalized spacial score (nSPS) is 11.0. The first-order chi connectivity index (χ1) is 9.22. The molecule has 0 saturated carbocycles. The Labute approximate surface area is 113 Å². The van der Waals surface area contributed by atoms with Gasteiger partial charge in [-0.05, 0) is 0 Å². The van der Waals surface area contributed by atoms with Gasteiger partial charge in [0.2, 0.25) is 0 Å². The molecule has 3 aromatic rings. The standard InChI is InChI=1S/C11H8N4O3Se/c1-2-18-11(16)10-8-7(15(17)5-12-10)4-3-6-9(8)14-19-13-6/h3-5H,2H2,1H3. The van der Waals surface area contributed by atoms with Crippen LogP contribution in [0.4, 0.5) is 0 Å². The zero-order valence-electron chi connectivity index (χ0n) is 9.86. The number of carbonyl (C=O) groups is 1. The Morgan fingerprint density at radius 2 is 2.32 bits per heavy atom. The minimum atomic E-state index is -0.559. The van der Waals surface area contributed by atoms with Crippen molar-refractivity contribution in [3.8, 4) is 0 Å². The molecule has 7 nitrogen and oxygen atoms in total. The number of aromatic nitrogens is 4. The van der Waals surface area contributed by atoms with Crippen molar-refractivity contribution in [2.75, 3.05) is 6.61 Å². The van der Waals surface area contributed by atoms with E-state index in [1.54, 1.807) is 19.1 Å². The molecule has 0 amide bonds. The molecule has 3 rings (SSSR count). The molecule has 19 heavy (non-hydrogen) atoms. The third-order valence-corrected chi connectivity index (χ3v) is 3.78. The van der Waals surface area contributed by atoms with Crippen LogP contribution >= 0.6 is 0 Å². The number of fused-ring (bicyclic) bond motifs is 3. The first kappa shape index (κ1) is 12.0. The average Bonchev–Trinajstić information content (AvgIpc) is 2.87. The molecule has 1 aromatic carbocycles. The van der Waals surface area contributed by atoms with E-state index in [-0.39, 0.29) is 27.3 Å². The van der Waals surface area contributed by atoms with Crippen molar-refractivity contribution in [1.82, 2.24) is 12.9 Å². The second kappa shape index (κ2) is 4.56. The number of rotatable bonds is 2. The molecule has 0 N–H and O–H groups in total. The van der Waals surface area contributed by atoms with Gasteiger partial charge in [-0.15, -0.1) is 0 Å². The molecule has 0 aliphatic carbocycles. The summed E-state index contributed by atoms with van der Waals surface area (Å²) in [6.45, 7) is 1.96. The van der Waals surface area contributed by atoms with Crippen LogP contribution in [-0.4, -0.2) is 40.5 Å². The van der Waals surface area contributed by atoms with Crippen LogP contribution in [0.2, 0.25) is 0 Å². The quantitative estimate of drug-likeness (QED) is 0.286. The van der Waals surface area contributed by atoms with Gasteiger partial charge in [-0.25, -0.2) is 0 Å². The van der Waals surface area contributed by atoms with Crippen LogP contribution in [0.1, 0.15) is 17.4 Å². The van der Waals surface area contributed by atoms with E-state index in [4.69, 9.17) is 4.74 Å². The SMILES string of the molecule is CCOC(=O)c1nc[n+]([O-])c2ccc3n[se]nc3c12. The van der Waals surface area contributed by atoms with Crippen LogP contribution in [0.25, 0.3) is 21.9 Å². The number of esters is 1. The molecule has 0 radical (unpaired) electrons. The first-order valence-electron chi connectivity index (χ1n) is 5.52. The Kier molecular flexibility index (Phi) is 2.88. The summed E-state index contributed by atoms with van der Waals surface area (Å²) in [7, 11) is 0. The number of benzene rings is 1. The summed E-state index contributed by atoms with van der Waals surface area (Å²) in [6, 6.07) is 3.34. The summed E-state index contributed by atoms with van der Waals surface area (Å²) in [5.41, 5.74) is 1.69.